The molecule has 0 atom stereocenters. The highest BCUT2D eigenvalue weighted by molar-refractivity contribution is 6.35. The van der Waals surface area contributed by atoms with E-state index in [1.165, 1.54) is 18.2 Å². The van der Waals surface area contributed by atoms with Crippen molar-refractivity contribution >= 4 is 40.8 Å². The first-order valence-corrected chi connectivity index (χ1v) is 10.7. The van der Waals surface area contributed by atoms with Crippen molar-refractivity contribution in [2.45, 2.75) is 19.8 Å². The van der Waals surface area contributed by atoms with Crippen LogP contribution < -0.4 is 15.5 Å². The highest BCUT2D eigenvalue weighted by Crippen LogP contribution is 2.30. The third-order valence-corrected chi connectivity index (χ3v) is 5.06. The smallest absolute Gasteiger partial charge is 0.328 e. The van der Waals surface area contributed by atoms with Crippen molar-refractivity contribution in [3.8, 4) is 0 Å². The van der Waals surface area contributed by atoms with Crippen LogP contribution in [0, 0.1) is 11.6 Å². The largest absolute Gasteiger partial charge is 0.337 e. The molecular formula is C24H21ClF2N4O3. The van der Waals surface area contributed by atoms with E-state index in [9.17, 15) is 23.2 Å². The number of halogens is 3. The third-order valence-electron chi connectivity index (χ3n) is 4.76. The fourth-order valence-corrected chi connectivity index (χ4v) is 3.36. The van der Waals surface area contributed by atoms with Gasteiger partial charge in [0.25, 0.3) is 5.91 Å². The van der Waals surface area contributed by atoms with Gasteiger partial charge in [0.2, 0.25) is 5.91 Å². The van der Waals surface area contributed by atoms with Crippen LogP contribution in [0.3, 0.4) is 0 Å². The molecule has 0 saturated carbocycles. The van der Waals surface area contributed by atoms with Crippen molar-refractivity contribution in [1.82, 2.24) is 10.3 Å². The van der Waals surface area contributed by atoms with Gasteiger partial charge in [-0.3, -0.25) is 9.59 Å². The Morgan fingerprint density at radius 2 is 1.79 bits per heavy atom. The van der Waals surface area contributed by atoms with E-state index < -0.39 is 35.2 Å². The molecule has 0 aliphatic rings. The number of pyridine rings is 1. The van der Waals surface area contributed by atoms with Gasteiger partial charge in [-0.25, -0.2) is 23.5 Å². The molecule has 0 saturated heterocycles. The quantitative estimate of drug-likeness (QED) is 0.493. The molecule has 3 aromatic rings. The van der Waals surface area contributed by atoms with Crippen LogP contribution >= 0.6 is 11.6 Å². The topological polar surface area (TPSA) is 91.4 Å². The number of urea groups is 1. The first-order chi connectivity index (χ1) is 16.3. The number of benzene rings is 2. The van der Waals surface area contributed by atoms with E-state index in [1.807, 2.05) is 30.3 Å². The van der Waals surface area contributed by atoms with Gasteiger partial charge in [0.1, 0.15) is 5.82 Å². The first kappa shape index (κ1) is 24.8. The van der Waals surface area contributed by atoms with E-state index in [2.05, 4.69) is 15.6 Å². The van der Waals surface area contributed by atoms with Gasteiger partial charge in [0, 0.05) is 24.7 Å². The average Bonchev–Trinajstić information content (AvgIpc) is 2.81. The fourth-order valence-electron chi connectivity index (χ4n) is 3.09. The van der Waals surface area contributed by atoms with Crippen molar-refractivity contribution in [3.63, 3.8) is 0 Å². The van der Waals surface area contributed by atoms with Gasteiger partial charge in [-0.15, -0.1) is 0 Å². The maximum absolute atomic E-state index is 13.8. The zero-order valence-electron chi connectivity index (χ0n) is 18.1. The van der Waals surface area contributed by atoms with Crippen LogP contribution in [0.5, 0.6) is 0 Å². The van der Waals surface area contributed by atoms with E-state index >= 15 is 0 Å². The minimum atomic E-state index is -1.12. The number of carbonyl (C=O) groups is 3. The summed E-state index contributed by atoms with van der Waals surface area (Å²) in [5.41, 5.74) is 0.719. The molecular weight excluding hydrogens is 466 g/mol. The third kappa shape index (κ3) is 6.14. The van der Waals surface area contributed by atoms with Crippen LogP contribution in [-0.2, 0) is 11.2 Å². The number of carbonyl (C=O) groups excluding carboxylic acids is 3. The number of imide groups is 1. The van der Waals surface area contributed by atoms with Crippen molar-refractivity contribution in [1.29, 1.82) is 0 Å². The van der Waals surface area contributed by atoms with Crippen LogP contribution in [0.25, 0.3) is 0 Å². The SMILES string of the molecule is CCC(=O)N(C(=O)NCCc1ccccc1)c1ccc(NC(=O)c2ncc(F)cc2F)cc1Cl. The summed E-state index contributed by atoms with van der Waals surface area (Å²) in [5.74, 6) is -3.42. The molecule has 1 aromatic heterocycles. The molecule has 0 fully saturated rings. The number of nitrogens with one attached hydrogen (secondary N) is 2. The predicted molar refractivity (Wildman–Crippen MR) is 125 cm³/mol. The highest BCUT2D eigenvalue weighted by Gasteiger charge is 2.24. The van der Waals surface area contributed by atoms with Gasteiger partial charge >= 0.3 is 6.03 Å². The van der Waals surface area contributed by atoms with E-state index in [4.69, 9.17) is 11.6 Å². The molecule has 3 rings (SSSR count). The number of anilines is 2. The van der Waals surface area contributed by atoms with Crippen molar-refractivity contribution in [2.24, 2.45) is 0 Å². The predicted octanol–water partition coefficient (Wildman–Crippen LogP) is 4.96. The molecule has 0 radical (unpaired) electrons. The van der Waals surface area contributed by atoms with Crippen LogP contribution in [-0.4, -0.2) is 29.4 Å². The molecule has 0 aliphatic heterocycles. The molecule has 176 valence electrons. The average molecular weight is 487 g/mol. The summed E-state index contributed by atoms with van der Waals surface area (Å²) in [6.07, 6.45) is 1.35. The van der Waals surface area contributed by atoms with E-state index in [0.29, 0.717) is 19.0 Å². The van der Waals surface area contributed by atoms with Gasteiger partial charge in [0.05, 0.1) is 16.9 Å². The lowest BCUT2D eigenvalue weighted by Gasteiger charge is -2.22. The van der Waals surface area contributed by atoms with Crippen LogP contribution in [0.2, 0.25) is 5.02 Å². The lowest BCUT2D eigenvalue weighted by molar-refractivity contribution is -0.117. The van der Waals surface area contributed by atoms with Crippen molar-refractivity contribution in [2.75, 3.05) is 16.8 Å². The molecule has 7 nitrogen and oxygen atoms in total. The Morgan fingerprint density at radius 3 is 2.44 bits per heavy atom. The summed E-state index contributed by atoms with van der Waals surface area (Å²) < 4.78 is 26.8. The molecule has 10 heteroatoms. The number of nitrogens with zero attached hydrogens (tertiary/aromatic N) is 2. The summed E-state index contributed by atoms with van der Waals surface area (Å²) in [6, 6.07) is 13.5. The number of hydrogen-bond acceptors (Lipinski definition) is 4. The molecule has 0 aliphatic carbocycles. The zero-order valence-corrected chi connectivity index (χ0v) is 18.9. The van der Waals surface area contributed by atoms with E-state index in [0.717, 1.165) is 16.7 Å². The second kappa shape index (κ2) is 11.3. The fraction of sp³-hybridized carbons (Fsp3) is 0.167. The molecule has 2 N–H and O–H groups in total. The molecule has 0 bridgehead atoms. The van der Waals surface area contributed by atoms with Crippen LogP contribution in [0.1, 0.15) is 29.4 Å². The number of hydrogen-bond donors (Lipinski definition) is 2. The maximum atomic E-state index is 13.8. The minimum absolute atomic E-state index is 0.00495. The van der Waals surface area contributed by atoms with Gasteiger partial charge in [-0.05, 0) is 30.2 Å². The van der Waals surface area contributed by atoms with Gasteiger partial charge in [0.15, 0.2) is 11.5 Å². The Bertz CT molecular complexity index is 1210. The van der Waals surface area contributed by atoms with Gasteiger partial charge in [-0.2, -0.15) is 0 Å². The van der Waals surface area contributed by atoms with Crippen molar-refractivity contribution < 1.29 is 23.2 Å². The second-order valence-corrected chi connectivity index (χ2v) is 7.56. The molecule has 0 unspecified atom stereocenters. The summed E-state index contributed by atoms with van der Waals surface area (Å²) >= 11 is 6.32. The highest BCUT2D eigenvalue weighted by atomic mass is 35.5. The Labute approximate surface area is 199 Å². The molecule has 4 amide bonds. The summed E-state index contributed by atoms with van der Waals surface area (Å²) in [5, 5.41) is 5.11. The van der Waals surface area contributed by atoms with Crippen LogP contribution in [0.4, 0.5) is 25.0 Å². The Morgan fingerprint density at radius 1 is 1.06 bits per heavy atom. The second-order valence-electron chi connectivity index (χ2n) is 7.15. The van der Waals surface area contributed by atoms with E-state index in [-0.39, 0.29) is 22.8 Å². The van der Waals surface area contributed by atoms with E-state index in [1.54, 1.807) is 6.92 Å². The normalized spacial score (nSPS) is 10.5. The minimum Gasteiger partial charge on any atom is -0.337 e. The summed E-state index contributed by atoms with van der Waals surface area (Å²) in [6.45, 7) is 1.91. The van der Waals surface area contributed by atoms with Gasteiger partial charge < -0.3 is 10.6 Å². The molecule has 0 spiro atoms. The lowest BCUT2D eigenvalue weighted by Crippen LogP contribution is -2.44. The molecule has 1 heterocycles. The monoisotopic (exact) mass is 486 g/mol. The van der Waals surface area contributed by atoms with Crippen molar-refractivity contribution in [3.05, 3.63) is 88.7 Å². The maximum Gasteiger partial charge on any atom is 0.328 e. The standard InChI is InChI=1S/C24H21ClF2N4O3/c1-2-21(32)31(24(34)28-11-10-15-6-4-3-5-7-15)20-9-8-17(13-18(20)25)30-23(33)22-19(27)12-16(26)14-29-22/h3-9,12-14H,2,10-11H2,1H3,(H,28,34)(H,30,33). The Kier molecular flexibility index (Phi) is 8.26. The zero-order chi connectivity index (χ0) is 24.7. The summed E-state index contributed by atoms with van der Waals surface area (Å²) in [7, 11) is 0. The Balaban J connectivity index is 1.73. The summed E-state index contributed by atoms with van der Waals surface area (Å²) in [4.78, 5) is 41.9. The number of rotatable bonds is 7. The van der Waals surface area contributed by atoms with Gasteiger partial charge in [-0.1, -0.05) is 48.9 Å². The number of aromatic nitrogens is 1. The van der Waals surface area contributed by atoms with Crippen LogP contribution in [0.15, 0.2) is 60.8 Å². The lowest BCUT2D eigenvalue weighted by atomic mass is 10.1. The Hall–Kier alpha value is -3.85. The first-order valence-electron chi connectivity index (χ1n) is 10.4. The number of amides is 4. The molecule has 34 heavy (non-hydrogen) atoms. The molecule has 2 aromatic carbocycles.